The van der Waals surface area contributed by atoms with Crippen LogP contribution in [0.5, 0.6) is 0 Å². The minimum absolute atomic E-state index is 0.0301. The maximum Gasteiger partial charge on any atom is 0.254 e. The standard InChI is InChI=1S/C20H18N6O/c21-7-5-13-3-1-2-4-16(13)20(27)26-11-14-9-15(26)10-25(14)19-17-6-8-22-18(17)23-12-24-19/h1-4,6,8,12,14-15H,5,9-11H2,(H,22,23,24). The number of hydrogen-bond donors (Lipinski definition) is 1. The highest BCUT2D eigenvalue weighted by molar-refractivity contribution is 5.96. The van der Waals surface area contributed by atoms with Gasteiger partial charge in [-0.2, -0.15) is 5.26 Å². The third kappa shape index (κ3) is 2.45. The summed E-state index contributed by atoms with van der Waals surface area (Å²) in [6.07, 6.45) is 4.66. The third-order valence-electron chi connectivity index (χ3n) is 5.62. The Morgan fingerprint density at radius 2 is 2.11 bits per heavy atom. The lowest BCUT2D eigenvalue weighted by Gasteiger charge is -2.35. The first-order valence-corrected chi connectivity index (χ1v) is 9.07. The first-order valence-electron chi connectivity index (χ1n) is 9.07. The summed E-state index contributed by atoms with van der Waals surface area (Å²) in [6, 6.07) is 12.0. The molecule has 1 aromatic carbocycles. The molecular weight excluding hydrogens is 340 g/mol. The number of carbonyl (C=O) groups is 1. The second-order valence-electron chi connectivity index (χ2n) is 7.08. The molecule has 2 atom stereocenters. The molecule has 0 saturated carbocycles. The van der Waals surface area contributed by atoms with E-state index in [1.165, 1.54) is 0 Å². The largest absolute Gasteiger partial charge is 0.349 e. The Morgan fingerprint density at radius 1 is 1.22 bits per heavy atom. The first kappa shape index (κ1) is 15.8. The molecule has 2 aliphatic rings. The number of rotatable bonds is 3. The van der Waals surface area contributed by atoms with Gasteiger partial charge in [-0.25, -0.2) is 9.97 Å². The Bertz CT molecular complexity index is 1070. The van der Waals surface area contributed by atoms with Gasteiger partial charge in [0.05, 0.1) is 30.0 Å². The van der Waals surface area contributed by atoms with Crippen LogP contribution in [0.2, 0.25) is 0 Å². The average molecular weight is 358 g/mol. The van der Waals surface area contributed by atoms with Gasteiger partial charge in [-0.05, 0) is 24.1 Å². The SMILES string of the molecule is N#CCc1ccccc1C(=O)N1CC2CC1CN2c1ncnc2[nH]ccc12. The van der Waals surface area contributed by atoms with E-state index in [0.29, 0.717) is 12.1 Å². The molecule has 0 radical (unpaired) electrons. The van der Waals surface area contributed by atoms with Gasteiger partial charge in [-0.15, -0.1) is 0 Å². The Kier molecular flexibility index (Phi) is 3.57. The molecule has 2 aliphatic heterocycles. The zero-order valence-electron chi connectivity index (χ0n) is 14.7. The van der Waals surface area contributed by atoms with E-state index in [-0.39, 0.29) is 24.4 Å². The quantitative estimate of drug-likeness (QED) is 0.775. The number of nitrogens with one attached hydrogen (secondary N) is 1. The molecule has 1 amide bonds. The molecule has 2 aromatic heterocycles. The fourth-order valence-corrected chi connectivity index (χ4v) is 4.39. The highest BCUT2D eigenvalue weighted by Gasteiger charge is 2.46. The first-order chi connectivity index (χ1) is 13.3. The maximum absolute atomic E-state index is 13.1. The maximum atomic E-state index is 13.1. The van der Waals surface area contributed by atoms with Crippen LogP contribution in [0.15, 0.2) is 42.9 Å². The van der Waals surface area contributed by atoms with Crippen LogP contribution in [0.25, 0.3) is 11.0 Å². The van der Waals surface area contributed by atoms with Crippen molar-refractivity contribution >= 4 is 22.8 Å². The van der Waals surface area contributed by atoms with Gasteiger partial charge < -0.3 is 14.8 Å². The number of piperazine rings is 1. The summed E-state index contributed by atoms with van der Waals surface area (Å²) < 4.78 is 0. The van der Waals surface area contributed by atoms with Crippen LogP contribution in [0.3, 0.4) is 0 Å². The summed E-state index contributed by atoms with van der Waals surface area (Å²) in [5.74, 6) is 0.966. The van der Waals surface area contributed by atoms with Crippen molar-refractivity contribution < 1.29 is 4.79 Å². The van der Waals surface area contributed by atoms with Gasteiger partial charge in [0.2, 0.25) is 0 Å². The number of aromatic amines is 1. The van der Waals surface area contributed by atoms with E-state index in [1.807, 2.05) is 41.4 Å². The summed E-state index contributed by atoms with van der Waals surface area (Å²) in [6.45, 7) is 1.45. The van der Waals surface area contributed by atoms with Crippen LogP contribution in [-0.4, -0.2) is 50.9 Å². The normalized spacial score (nSPS) is 21.0. The van der Waals surface area contributed by atoms with Crippen molar-refractivity contribution in [2.75, 3.05) is 18.0 Å². The van der Waals surface area contributed by atoms with Crippen molar-refractivity contribution in [1.29, 1.82) is 5.26 Å². The fraction of sp³-hybridized carbons (Fsp3) is 0.300. The van der Waals surface area contributed by atoms with Crippen LogP contribution in [0, 0.1) is 11.3 Å². The summed E-state index contributed by atoms with van der Waals surface area (Å²) >= 11 is 0. The average Bonchev–Trinajstić information content (AvgIpc) is 3.43. The van der Waals surface area contributed by atoms with Crippen molar-refractivity contribution in [1.82, 2.24) is 19.9 Å². The number of anilines is 1. The molecule has 2 bridgehead atoms. The molecule has 2 unspecified atom stereocenters. The predicted molar refractivity (Wildman–Crippen MR) is 100 cm³/mol. The van der Waals surface area contributed by atoms with Gasteiger partial charge >= 0.3 is 0 Å². The second-order valence-corrected chi connectivity index (χ2v) is 7.08. The fourth-order valence-electron chi connectivity index (χ4n) is 4.39. The molecule has 0 aliphatic carbocycles. The van der Waals surface area contributed by atoms with Crippen molar-refractivity contribution in [3.63, 3.8) is 0 Å². The lowest BCUT2D eigenvalue weighted by Crippen LogP contribution is -2.49. The molecule has 3 aromatic rings. The van der Waals surface area contributed by atoms with E-state index in [0.717, 1.165) is 35.4 Å². The van der Waals surface area contributed by atoms with E-state index in [4.69, 9.17) is 5.26 Å². The molecule has 5 rings (SSSR count). The van der Waals surface area contributed by atoms with Crippen molar-refractivity contribution in [2.24, 2.45) is 0 Å². The van der Waals surface area contributed by atoms with Crippen LogP contribution in [0.1, 0.15) is 22.3 Å². The van der Waals surface area contributed by atoms with Gasteiger partial charge in [-0.1, -0.05) is 18.2 Å². The van der Waals surface area contributed by atoms with E-state index < -0.39 is 0 Å². The number of amides is 1. The van der Waals surface area contributed by atoms with Gasteiger partial charge in [-0.3, -0.25) is 4.79 Å². The lowest BCUT2D eigenvalue weighted by atomic mass is 10.0. The molecular formula is C20H18N6O. The van der Waals surface area contributed by atoms with Gasteiger partial charge in [0.1, 0.15) is 17.8 Å². The van der Waals surface area contributed by atoms with E-state index >= 15 is 0 Å². The molecule has 7 nitrogen and oxygen atoms in total. The van der Waals surface area contributed by atoms with Gasteiger partial charge in [0.25, 0.3) is 5.91 Å². The molecule has 4 heterocycles. The number of fused-ring (bicyclic) bond motifs is 3. The highest BCUT2D eigenvalue weighted by Crippen LogP contribution is 2.37. The molecule has 1 N–H and O–H groups in total. The number of H-pyrrole nitrogens is 1. The summed E-state index contributed by atoms with van der Waals surface area (Å²) in [7, 11) is 0. The number of benzene rings is 1. The second kappa shape index (κ2) is 6.09. The minimum Gasteiger partial charge on any atom is -0.349 e. The van der Waals surface area contributed by atoms with Gasteiger partial charge in [0.15, 0.2) is 0 Å². The lowest BCUT2D eigenvalue weighted by molar-refractivity contribution is 0.0724. The van der Waals surface area contributed by atoms with Crippen molar-refractivity contribution in [3.05, 3.63) is 54.0 Å². The predicted octanol–water partition coefficient (Wildman–Crippen LogP) is 2.13. The van der Waals surface area contributed by atoms with Crippen LogP contribution in [0.4, 0.5) is 5.82 Å². The van der Waals surface area contributed by atoms with Crippen LogP contribution < -0.4 is 4.90 Å². The number of hydrogen-bond acceptors (Lipinski definition) is 5. The zero-order valence-corrected chi connectivity index (χ0v) is 14.7. The molecule has 2 fully saturated rings. The van der Waals surface area contributed by atoms with Crippen LogP contribution in [-0.2, 0) is 6.42 Å². The monoisotopic (exact) mass is 358 g/mol. The Morgan fingerprint density at radius 3 is 2.93 bits per heavy atom. The van der Waals surface area contributed by atoms with Crippen molar-refractivity contribution in [3.8, 4) is 6.07 Å². The summed E-state index contributed by atoms with van der Waals surface area (Å²) in [5, 5.41) is 10.0. The number of aromatic nitrogens is 3. The number of carbonyl (C=O) groups excluding carboxylic acids is 1. The van der Waals surface area contributed by atoms with Gasteiger partial charge in [0, 0.05) is 24.8 Å². The van der Waals surface area contributed by atoms with Crippen molar-refractivity contribution in [2.45, 2.75) is 24.9 Å². The molecule has 7 heteroatoms. The molecule has 2 saturated heterocycles. The van der Waals surface area contributed by atoms with E-state index in [9.17, 15) is 4.79 Å². The Labute approximate surface area is 156 Å². The highest BCUT2D eigenvalue weighted by atomic mass is 16.2. The molecule has 0 spiro atoms. The topological polar surface area (TPSA) is 88.9 Å². The number of nitriles is 1. The molecule has 134 valence electrons. The Hall–Kier alpha value is -3.40. The summed E-state index contributed by atoms with van der Waals surface area (Å²) in [5.41, 5.74) is 2.28. The minimum atomic E-state index is 0.0301. The smallest absolute Gasteiger partial charge is 0.254 e. The number of nitrogens with zero attached hydrogens (tertiary/aromatic N) is 5. The van der Waals surface area contributed by atoms with Crippen LogP contribution >= 0.6 is 0 Å². The zero-order chi connectivity index (χ0) is 18.4. The third-order valence-corrected chi connectivity index (χ3v) is 5.62. The van der Waals surface area contributed by atoms with E-state index in [1.54, 1.807) is 6.33 Å². The Balaban J connectivity index is 1.40. The van der Waals surface area contributed by atoms with E-state index in [2.05, 4.69) is 25.9 Å². The molecule has 27 heavy (non-hydrogen) atoms. The number of likely N-dealkylation sites (tertiary alicyclic amines) is 1. The summed E-state index contributed by atoms with van der Waals surface area (Å²) in [4.78, 5) is 29.3.